The number of hydrogen-bond acceptors (Lipinski definition) is 3. The monoisotopic (exact) mass is 291 g/mol. The maximum Gasteiger partial charge on any atom is 0.253 e. The quantitative estimate of drug-likeness (QED) is 0.756. The SMILES string of the molecule is COCCOc1ccc(C(=O)N(C)C2CCCCC2)cc1. The second-order valence-electron chi connectivity index (χ2n) is 5.57. The summed E-state index contributed by atoms with van der Waals surface area (Å²) in [5.74, 6) is 0.870. The van der Waals surface area contributed by atoms with Gasteiger partial charge in [-0.1, -0.05) is 19.3 Å². The van der Waals surface area contributed by atoms with Crippen LogP contribution >= 0.6 is 0 Å². The molecule has 1 saturated carbocycles. The Morgan fingerprint density at radius 1 is 1.14 bits per heavy atom. The Labute approximate surface area is 127 Å². The van der Waals surface area contributed by atoms with Gasteiger partial charge < -0.3 is 14.4 Å². The van der Waals surface area contributed by atoms with Crippen LogP contribution in [0.3, 0.4) is 0 Å². The molecule has 2 rings (SSSR count). The second kappa shape index (κ2) is 8.03. The van der Waals surface area contributed by atoms with Gasteiger partial charge in [0, 0.05) is 25.8 Å². The summed E-state index contributed by atoms with van der Waals surface area (Å²) in [6.45, 7) is 1.08. The fraction of sp³-hybridized carbons (Fsp3) is 0.588. The first-order chi connectivity index (χ1) is 10.2. The van der Waals surface area contributed by atoms with Gasteiger partial charge in [-0.2, -0.15) is 0 Å². The average Bonchev–Trinajstić information content (AvgIpc) is 2.55. The van der Waals surface area contributed by atoms with E-state index in [9.17, 15) is 4.79 Å². The zero-order valence-electron chi connectivity index (χ0n) is 13.0. The summed E-state index contributed by atoms with van der Waals surface area (Å²) in [5.41, 5.74) is 0.724. The molecule has 4 heteroatoms. The number of benzene rings is 1. The van der Waals surface area contributed by atoms with E-state index in [-0.39, 0.29) is 5.91 Å². The summed E-state index contributed by atoms with van der Waals surface area (Å²) in [7, 11) is 3.56. The van der Waals surface area contributed by atoms with Crippen molar-refractivity contribution in [1.82, 2.24) is 4.90 Å². The van der Waals surface area contributed by atoms with Crippen molar-refractivity contribution in [1.29, 1.82) is 0 Å². The van der Waals surface area contributed by atoms with Gasteiger partial charge in [-0.15, -0.1) is 0 Å². The Morgan fingerprint density at radius 2 is 1.81 bits per heavy atom. The summed E-state index contributed by atoms with van der Waals surface area (Å²) in [6, 6.07) is 7.76. The van der Waals surface area contributed by atoms with Crippen molar-refractivity contribution in [2.24, 2.45) is 0 Å². The lowest BCUT2D eigenvalue weighted by atomic mass is 9.94. The average molecular weight is 291 g/mol. The zero-order valence-corrected chi connectivity index (χ0v) is 13.0. The lowest BCUT2D eigenvalue weighted by Gasteiger charge is -2.31. The van der Waals surface area contributed by atoms with Crippen LogP contribution in [0.2, 0.25) is 0 Å². The molecule has 0 atom stereocenters. The van der Waals surface area contributed by atoms with Crippen molar-refractivity contribution < 1.29 is 14.3 Å². The van der Waals surface area contributed by atoms with Gasteiger partial charge in [0.1, 0.15) is 12.4 Å². The van der Waals surface area contributed by atoms with E-state index in [1.54, 1.807) is 7.11 Å². The normalized spacial score (nSPS) is 15.7. The predicted octanol–water partition coefficient (Wildman–Crippen LogP) is 3.12. The van der Waals surface area contributed by atoms with Crippen LogP contribution in [0.4, 0.5) is 0 Å². The Bertz CT molecular complexity index is 438. The molecule has 0 aromatic heterocycles. The highest BCUT2D eigenvalue weighted by Gasteiger charge is 2.22. The fourth-order valence-electron chi connectivity index (χ4n) is 2.77. The largest absolute Gasteiger partial charge is 0.491 e. The minimum Gasteiger partial charge on any atom is -0.491 e. The minimum atomic E-state index is 0.102. The van der Waals surface area contributed by atoms with Gasteiger partial charge in [0.2, 0.25) is 0 Å². The molecule has 1 aliphatic rings. The van der Waals surface area contributed by atoms with Crippen molar-refractivity contribution in [3.63, 3.8) is 0 Å². The van der Waals surface area contributed by atoms with Gasteiger partial charge in [-0.3, -0.25) is 4.79 Å². The van der Waals surface area contributed by atoms with Crippen molar-refractivity contribution >= 4 is 5.91 Å². The summed E-state index contributed by atoms with van der Waals surface area (Å²) < 4.78 is 10.4. The molecule has 1 fully saturated rings. The van der Waals surface area contributed by atoms with E-state index in [1.165, 1.54) is 19.3 Å². The van der Waals surface area contributed by atoms with Crippen LogP contribution in [0.1, 0.15) is 42.5 Å². The smallest absolute Gasteiger partial charge is 0.253 e. The molecule has 1 amide bonds. The molecule has 0 spiro atoms. The van der Waals surface area contributed by atoms with Crippen LogP contribution in [0.5, 0.6) is 5.75 Å². The Balaban J connectivity index is 1.92. The molecule has 0 N–H and O–H groups in total. The molecule has 0 radical (unpaired) electrons. The lowest BCUT2D eigenvalue weighted by Crippen LogP contribution is -2.38. The van der Waals surface area contributed by atoms with Gasteiger partial charge in [0.25, 0.3) is 5.91 Å². The van der Waals surface area contributed by atoms with E-state index in [2.05, 4.69) is 0 Å². The van der Waals surface area contributed by atoms with Crippen LogP contribution in [0, 0.1) is 0 Å². The van der Waals surface area contributed by atoms with Crippen molar-refractivity contribution in [3.05, 3.63) is 29.8 Å². The Hall–Kier alpha value is -1.55. The van der Waals surface area contributed by atoms with Gasteiger partial charge in [-0.05, 0) is 37.1 Å². The molecule has 0 heterocycles. The predicted molar refractivity (Wildman–Crippen MR) is 82.8 cm³/mol. The van der Waals surface area contributed by atoms with Crippen LogP contribution in [0.15, 0.2) is 24.3 Å². The van der Waals surface area contributed by atoms with Crippen LogP contribution < -0.4 is 4.74 Å². The first-order valence-electron chi connectivity index (χ1n) is 7.71. The van der Waals surface area contributed by atoms with Gasteiger partial charge >= 0.3 is 0 Å². The van der Waals surface area contributed by atoms with E-state index >= 15 is 0 Å². The molecule has 0 unspecified atom stereocenters. The first-order valence-corrected chi connectivity index (χ1v) is 7.71. The number of methoxy groups -OCH3 is 1. The highest BCUT2D eigenvalue weighted by molar-refractivity contribution is 5.94. The van der Waals surface area contributed by atoms with E-state index in [0.29, 0.717) is 19.3 Å². The maximum absolute atomic E-state index is 12.5. The Kier molecular flexibility index (Phi) is 6.05. The molecule has 0 aliphatic heterocycles. The third-order valence-electron chi connectivity index (χ3n) is 4.10. The minimum absolute atomic E-state index is 0.102. The molecule has 0 saturated heterocycles. The lowest BCUT2D eigenvalue weighted by molar-refractivity contribution is 0.0696. The maximum atomic E-state index is 12.5. The number of ether oxygens (including phenoxy) is 2. The van der Waals surface area contributed by atoms with E-state index in [0.717, 1.165) is 24.2 Å². The molecular formula is C17H25NO3. The molecule has 1 aromatic rings. The van der Waals surface area contributed by atoms with Crippen molar-refractivity contribution in [2.45, 2.75) is 38.1 Å². The molecule has 1 aliphatic carbocycles. The van der Waals surface area contributed by atoms with Gasteiger partial charge in [0.05, 0.1) is 6.61 Å². The van der Waals surface area contributed by atoms with E-state index in [4.69, 9.17) is 9.47 Å². The Morgan fingerprint density at radius 3 is 2.43 bits per heavy atom. The fourth-order valence-corrected chi connectivity index (χ4v) is 2.77. The molecule has 1 aromatic carbocycles. The number of carbonyl (C=O) groups excluding carboxylic acids is 1. The van der Waals surface area contributed by atoms with Crippen molar-refractivity contribution in [3.8, 4) is 5.75 Å². The standard InChI is InChI=1S/C17H25NO3/c1-18(15-6-4-3-5-7-15)17(19)14-8-10-16(11-9-14)21-13-12-20-2/h8-11,15H,3-7,12-13H2,1-2H3. The summed E-state index contributed by atoms with van der Waals surface area (Å²) in [6.07, 6.45) is 6.01. The highest BCUT2D eigenvalue weighted by Crippen LogP contribution is 2.23. The zero-order chi connectivity index (χ0) is 15.1. The number of amides is 1. The molecule has 4 nitrogen and oxygen atoms in total. The second-order valence-corrected chi connectivity index (χ2v) is 5.57. The number of rotatable bonds is 6. The number of hydrogen-bond donors (Lipinski definition) is 0. The molecule has 116 valence electrons. The van der Waals surface area contributed by atoms with E-state index in [1.807, 2.05) is 36.2 Å². The third-order valence-corrected chi connectivity index (χ3v) is 4.10. The van der Waals surface area contributed by atoms with Gasteiger partial charge in [-0.25, -0.2) is 0 Å². The van der Waals surface area contributed by atoms with Crippen LogP contribution in [-0.4, -0.2) is 44.2 Å². The molecule has 21 heavy (non-hydrogen) atoms. The topological polar surface area (TPSA) is 38.8 Å². The summed E-state index contributed by atoms with van der Waals surface area (Å²) in [4.78, 5) is 14.4. The number of nitrogens with zero attached hydrogens (tertiary/aromatic N) is 1. The third kappa shape index (κ3) is 4.46. The molecular weight excluding hydrogens is 266 g/mol. The first kappa shape index (κ1) is 15.8. The number of carbonyl (C=O) groups is 1. The summed E-state index contributed by atoms with van der Waals surface area (Å²) >= 11 is 0. The molecule has 0 bridgehead atoms. The van der Waals surface area contributed by atoms with Crippen LogP contribution in [0.25, 0.3) is 0 Å². The summed E-state index contributed by atoms with van der Waals surface area (Å²) in [5, 5.41) is 0. The van der Waals surface area contributed by atoms with Gasteiger partial charge in [0.15, 0.2) is 0 Å². The highest BCUT2D eigenvalue weighted by atomic mass is 16.5. The van der Waals surface area contributed by atoms with E-state index < -0.39 is 0 Å². The van der Waals surface area contributed by atoms with Crippen molar-refractivity contribution in [2.75, 3.05) is 27.4 Å². The van der Waals surface area contributed by atoms with Crippen LogP contribution in [-0.2, 0) is 4.74 Å².